The van der Waals surface area contributed by atoms with Crippen LogP contribution < -0.4 is 0 Å². The molecule has 0 spiro atoms. The molecule has 2 nitrogen and oxygen atoms in total. The standard InChI is InChI=1S/C13H17NO/c1-11-6-5-7-12(14-11)10-13(15)8-3-2-4-9-13/h3,5-8,15H,2,4,9-10H2,1H3. The molecule has 1 aromatic rings. The van der Waals surface area contributed by atoms with Gasteiger partial charge in [-0.05, 0) is 38.3 Å². The summed E-state index contributed by atoms with van der Waals surface area (Å²) >= 11 is 0. The Labute approximate surface area is 90.7 Å². The molecule has 0 bridgehead atoms. The molecule has 0 saturated carbocycles. The summed E-state index contributed by atoms with van der Waals surface area (Å²) in [5, 5.41) is 10.3. The van der Waals surface area contributed by atoms with Gasteiger partial charge in [-0.3, -0.25) is 4.98 Å². The van der Waals surface area contributed by atoms with E-state index in [1.54, 1.807) is 0 Å². The molecule has 1 aliphatic carbocycles. The molecule has 2 heteroatoms. The first-order valence-corrected chi connectivity index (χ1v) is 5.51. The third kappa shape index (κ3) is 2.66. The van der Waals surface area contributed by atoms with Crippen LogP contribution in [-0.4, -0.2) is 15.7 Å². The fraction of sp³-hybridized carbons (Fsp3) is 0.462. The van der Waals surface area contributed by atoms with Crippen LogP contribution in [0, 0.1) is 6.92 Å². The molecular formula is C13H17NO. The first-order chi connectivity index (χ1) is 7.18. The van der Waals surface area contributed by atoms with Crippen molar-refractivity contribution in [2.75, 3.05) is 0 Å². The van der Waals surface area contributed by atoms with E-state index in [-0.39, 0.29) is 0 Å². The summed E-state index contributed by atoms with van der Waals surface area (Å²) in [6.45, 7) is 1.98. The second-order valence-corrected chi connectivity index (χ2v) is 4.35. The van der Waals surface area contributed by atoms with Gasteiger partial charge in [-0.2, -0.15) is 0 Å². The zero-order chi connectivity index (χ0) is 10.7. The zero-order valence-corrected chi connectivity index (χ0v) is 9.11. The molecule has 80 valence electrons. The summed E-state index contributed by atoms with van der Waals surface area (Å²) in [6, 6.07) is 5.95. The number of hydrogen-bond acceptors (Lipinski definition) is 2. The predicted octanol–water partition coefficient (Wildman–Crippen LogP) is 2.40. The molecule has 1 heterocycles. The summed E-state index contributed by atoms with van der Waals surface area (Å²) in [7, 11) is 0. The van der Waals surface area contributed by atoms with Gasteiger partial charge in [0, 0.05) is 17.8 Å². The maximum absolute atomic E-state index is 10.3. The number of aryl methyl sites for hydroxylation is 1. The Morgan fingerprint density at radius 1 is 1.47 bits per heavy atom. The van der Waals surface area contributed by atoms with Crippen molar-refractivity contribution < 1.29 is 5.11 Å². The number of hydrogen-bond donors (Lipinski definition) is 1. The Morgan fingerprint density at radius 2 is 2.33 bits per heavy atom. The Balaban J connectivity index is 2.14. The summed E-state index contributed by atoms with van der Waals surface area (Å²) < 4.78 is 0. The number of nitrogens with zero attached hydrogens (tertiary/aromatic N) is 1. The van der Waals surface area contributed by atoms with Gasteiger partial charge in [0.2, 0.25) is 0 Å². The van der Waals surface area contributed by atoms with Crippen molar-refractivity contribution in [1.82, 2.24) is 4.98 Å². The van der Waals surface area contributed by atoms with Crippen LogP contribution in [0.25, 0.3) is 0 Å². The normalized spacial score (nSPS) is 25.5. The van der Waals surface area contributed by atoms with E-state index < -0.39 is 5.60 Å². The Hall–Kier alpha value is -1.15. The maximum atomic E-state index is 10.3. The SMILES string of the molecule is Cc1cccc(CC2(O)C=CCCC2)n1. The fourth-order valence-corrected chi connectivity index (χ4v) is 2.07. The third-order valence-corrected chi connectivity index (χ3v) is 2.84. The lowest BCUT2D eigenvalue weighted by Crippen LogP contribution is -2.30. The number of aromatic nitrogens is 1. The first kappa shape index (κ1) is 10.4. The van der Waals surface area contributed by atoms with Crippen molar-refractivity contribution in [3.63, 3.8) is 0 Å². The van der Waals surface area contributed by atoms with E-state index in [9.17, 15) is 5.11 Å². The number of aliphatic hydroxyl groups is 1. The van der Waals surface area contributed by atoms with Crippen molar-refractivity contribution in [1.29, 1.82) is 0 Å². The van der Waals surface area contributed by atoms with E-state index in [1.807, 2.05) is 31.2 Å². The molecule has 1 unspecified atom stereocenters. The molecular weight excluding hydrogens is 186 g/mol. The fourth-order valence-electron chi connectivity index (χ4n) is 2.07. The lowest BCUT2D eigenvalue weighted by atomic mass is 9.87. The molecule has 0 fully saturated rings. The molecule has 1 aliphatic rings. The highest BCUT2D eigenvalue weighted by Crippen LogP contribution is 2.25. The maximum Gasteiger partial charge on any atom is 0.0883 e. The number of rotatable bonds is 2. The van der Waals surface area contributed by atoms with Crippen LogP contribution >= 0.6 is 0 Å². The lowest BCUT2D eigenvalue weighted by molar-refractivity contribution is 0.0741. The highest BCUT2D eigenvalue weighted by atomic mass is 16.3. The summed E-state index contributed by atoms with van der Waals surface area (Å²) in [5.41, 5.74) is 1.32. The van der Waals surface area contributed by atoms with Crippen molar-refractivity contribution in [2.45, 2.75) is 38.2 Å². The van der Waals surface area contributed by atoms with Gasteiger partial charge in [0.15, 0.2) is 0 Å². The van der Waals surface area contributed by atoms with Crippen LogP contribution in [0.15, 0.2) is 30.4 Å². The second kappa shape index (κ2) is 4.15. The lowest BCUT2D eigenvalue weighted by Gasteiger charge is -2.27. The number of pyridine rings is 1. The molecule has 15 heavy (non-hydrogen) atoms. The van der Waals surface area contributed by atoms with Crippen molar-refractivity contribution in [3.8, 4) is 0 Å². The zero-order valence-electron chi connectivity index (χ0n) is 9.11. The average Bonchev–Trinajstić information content (AvgIpc) is 2.18. The van der Waals surface area contributed by atoms with Crippen LogP contribution in [0.1, 0.15) is 30.7 Å². The Bertz CT molecular complexity index is 373. The molecule has 0 aromatic carbocycles. The van der Waals surface area contributed by atoms with Gasteiger partial charge in [0.05, 0.1) is 5.60 Å². The van der Waals surface area contributed by atoms with Gasteiger partial charge in [0.25, 0.3) is 0 Å². The minimum Gasteiger partial charge on any atom is -0.385 e. The predicted molar refractivity (Wildman–Crippen MR) is 60.6 cm³/mol. The molecule has 0 amide bonds. The summed E-state index contributed by atoms with van der Waals surface area (Å²) in [6.07, 6.45) is 7.63. The van der Waals surface area contributed by atoms with Crippen LogP contribution in [0.5, 0.6) is 0 Å². The van der Waals surface area contributed by atoms with Gasteiger partial charge >= 0.3 is 0 Å². The van der Waals surface area contributed by atoms with Gasteiger partial charge in [0.1, 0.15) is 0 Å². The van der Waals surface area contributed by atoms with E-state index in [0.717, 1.165) is 30.7 Å². The summed E-state index contributed by atoms with van der Waals surface area (Å²) in [4.78, 5) is 4.42. The van der Waals surface area contributed by atoms with Crippen LogP contribution in [0.3, 0.4) is 0 Å². The average molecular weight is 203 g/mol. The summed E-state index contributed by atoms with van der Waals surface area (Å²) in [5.74, 6) is 0. The molecule has 2 rings (SSSR count). The van der Waals surface area contributed by atoms with E-state index >= 15 is 0 Å². The Morgan fingerprint density at radius 3 is 3.00 bits per heavy atom. The molecule has 1 atom stereocenters. The minimum absolute atomic E-state index is 0.630. The van der Waals surface area contributed by atoms with E-state index in [0.29, 0.717) is 6.42 Å². The van der Waals surface area contributed by atoms with Gasteiger partial charge in [-0.1, -0.05) is 18.2 Å². The topological polar surface area (TPSA) is 33.1 Å². The molecule has 0 radical (unpaired) electrons. The second-order valence-electron chi connectivity index (χ2n) is 4.35. The van der Waals surface area contributed by atoms with Gasteiger partial charge in [-0.25, -0.2) is 0 Å². The highest BCUT2D eigenvalue weighted by molar-refractivity contribution is 5.16. The molecule has 1 N–H and O–H groups in total. The smallest absolute Gasteiger partial charge is 0.0883 e. The van der Waals surface area contributed by atoms with Crippen molar-refractivity contribution in [3.05, 3.63) is 41.7 Å². The largest absolute Gasteiger partial charge is 0.385 e. The third-order valence-electron chi connectivity index (χ3n) is 2.84. The van der Waals surface area contributed by atoms with Gasteiger partial charge in [-0.15, -0.1) is 0 Å². The van der Waals surface area contributed by atoms with E-state index in [1.165, 1.54) is 0 Å². The minimum atomic E-state index is -0.668. The monoisotopic (exact) mass is 203 g/mol. The number of allylic oxidation sites excluding steroid dienone is 1. The van der Waals surface area contributed by atoms with Gasteiger partial charge < -0.3 is 5.11 Å². The van der Waals surface area contributed by atoms with E-state index in [4.69, 9.17) is 0 Å². The quantitative estimate of drug-likeness (QED) is 0.749. The molecule has 1 aromatic heterocycles. The first-order valence-electron chi connectivity index (χ1n) is 5.51. The van der Waals surface area contributed by atoms with Crippen LogP contribution in [0.4, 0.5) is 0 Å². The molecule has 0 aliphatic heterocycles. The van der Waals surface area contributed by atoms with Crippen LogP contribution in [0.2, 0.25) is 0 Å². The molecule has 0 saturated heterocycles. The Kier molecular flexibility index (Phi) is 2.87. The highest BCUT2D eigenvalue weighted by Gasteiger charge is 2.25. The van der Waals surface area contributed by atoms with Crippen LogP contribution in [-0.2, 0) is 6.42 Å². The van der Waals surface area contributed by atoms with Crippen molar-refractivity contribution >= 4 is 0 Å². The van der Waals surface area contributed by atoms with Crippen molar-refractivity contribution in [2.24, 2.45) is 0 Å². The van der Waals surface area contributed by atoms with E-state index in [2.05, 4.69) is 11.1 Å².